The number of benzene rings is 1. The molecule has 2 rings (SSSR count). The molecule has 0 unspecified atom stereocenters. The summed E-state index contributed by atoms with van der Waals surface area (Å²) in [7, 11) is 0. The van der Waals surface area contributed by atoms with Crippen LogP contribution in [0.15, 0.2) is 12.1 Å². The molecule has 0 amide bonds. The number of anilines is 2. The van der Waals surface area contributed by atoms with Crippen molar-refractivity contribution in [2.45, 2.75) is 39.0 Å². The Balaban J connectivity index is 2.21. The summed E-state index contributed by atoms with van der Waals surface area (Å²) in [5.41, 5.74) is 8.99. The topological polar surface area (TPSA) is 29.3 Å². The van der Waals surface area contributed by atoms with Crippen LogP contribution >= 0.6 is 11.6 Å². The van der Waals surface area contributed by atoms with Gasteiger partial charge in [-0.25, -0.2) is 0 Å². The van der Waals surface area contributed by atoms with Gasteiger partial charge in [-0.3, -0.25) is 0 Å². The molecular weight excluding hydrogens is 232 g/mol. The SMILES string of the molecule is Cc1cc(N)c(Cl)cc1N1CCCCCCC1. The average molecular weight is 253 g/mol. The highest BCUT2D eigenvalue weighted by atomic mass is 35.5. The molecular formula is C14H21ClN2. The summed E-state index contributed by atoms with van der Waals surface area (Å²) in [6, 6.07) is 4.00. The Kier molecular flexibility index (Phi) is 4.16. The first-order chi connectivity index (χ1) is 8.18. The van der Waals surface area contributed by atoms with Crippen molar-refractivity contribution >= 4 is 23.0 Å². The molecule has 1 aliphatic rings. The van der Waals surface area contributed by atoms with Crippen LogP contribution in [-0.2, 0) is 0 Å². The summed E-state index contributed by atoms with van der Waals surface area (Å²) >= 11 is 6.13. The van der Waals surface area contributed by atoms with Crippen molar-refractivity contribution in [2.75, 3.05) is 23.7 Å². The Morgan fingerprint density at radius 3 is 2.29 bits per heavy atom. The van der Waals surface area contributed by atoms with E-state index in [0.29, 0.717) is 10.7 Å². The number of hydrogen-bond donors (Lipinski definition) is 1. The molecule has 0 radical (unpaired) electrons. The summed E-state index contributed by atoms with van der Waals surface area (Å²) in [6.07, 6.45) is 6.63. The molecule has 94 valence electrons. The molecule has 1 aliphatic heterocycles. The van der Waals surface area contributed by atoms with E-state index in [1.165, 1.54) is 43.4 Å². The highest BCUT2D eigenvalue weighted by Crippen LogP contribution is 2.30. The second kappa shape index (κ2) is 5.63. The fourth-order valence-electron chi connectivity index (χ4n) is 2.52. The van der Waals surface area contributed by atoms with Gasteiger partial charge in [0.05, 0.1) is 10.7 Å². The lowest BCUT2D eigenvalue weighted by Crippen LogP contribution is -2.27. The van der Waals surface area contributed by atoms with E-state index in [2.05, 4.69) is 11.8 Å². The molecule has 0 aliphatic carbocycles. The number of halogens is 1. The molecule has 1 aromatic carbocycles. The number of aryl methyl sites for hydroxylation is 1. The van der Waals surface area contributed by atoms with Crippen LogP contribution in [0.5, 0.6) is 0 Å². The van der Waals surface area contributed by atoms with Crippen molar-refractivity contribution < 1.29 is 0 Å². The average Bonchev–Trinajstić information content (AvgIpc) is 2.24. The fraction of sp³-hybridized carbons (Fsp3) is 0.571. The van der Waals surface area contributed by atoms with Crippen molar-refractivity contribution in [1.82, 2.24) is 0 Å². The van der Waals surface area contributed by atoms with Crippen LogP contribution in [0.1, 0.15) is 37.7 Å². The fourth-order valence-corrected chi connectivity index (χ4v) is 2.68. The van der Waals surface area contributed by atoms with Crippen molar-refractivity contribution in [3.63, 3.8) is 0 Å². The second-order valence-electron chi connectivity index (χ2n) is 4.92. The summed E-state index contributed by atoms with van der Waals surface area (Å²) < 4.78 is 0. The Bertz CT molecular complexity index is 382. The van der Waals surface area contributed by atoms with Crippen molar-refractivity contribution in [3.8, 4) is 0 Å². The van der Waals surface area contributed by atoms with Gasteiger partial charge >= 0.3 is 0 Å². The maximum Gasteiger partial charge on any atom is 0.0656 e. The third-order valence-electron chi connectivity index (χ3n) is 3.51. The van der Waals surface area contributed by atoms with E-state index in [9.17, 15) is 0 Å². The molecule has 1 aromatic rings. The molecule has 2 N–H and O–H groups in total. The van der Waals surface area contributed by atoms with Crippen LogP contribution in [-0.4, -0.2) is 13.1 Å². The standard InChI is InChI=1S/C14H21ClN2/c1-11-9-13(16)12(15)10-14(11)17-7-5-3-2-4-6-8-17/h9-10H,2-8,16H2,1H3. The van der Waals surface area contributed by atoms with Gasteiger partial charge in [0, 0.05) is 18.8 Å². The van der Waals surface area contributed by atoms with E-state index >= 15 is 0 Å². The summed E-state index contributed by atoms with van der Waals surface area (Å²) in [5, 5.41) is 0.674. The predicted molar refractivity (Wildman–Crippen MR) is 75.9 cm³/mol. The van der Waals surface area contributed by atoms with Crippen molar-refractivity contribution in [2.24, 2.45) is 0 Å². The number of nitrogen functional groups attached to an aromatic ring is 1. The molecule has 0 aromatic heterocycles. The molecule has 0 bridgehead atoms. The Hall–Kier alpha value is -0.890. The molecule has 1 saturated heterocycles. The normalized spacial score (nSPS) is 17.6. The minimum Gasteiger partial charge on any atom is -0.398 e. The first kappa shape index (κ1) is 12.6. The maximum absolute atomic E-state index is 6.13. The molecule has 0 spiro atoms. The van der Waals surface area contributed by atoms with E-state index in [1.54, 1.807) is 0 Å². The molecule has 1 heterocycles. The Labute approximate surface area is 109 Å². The van der Waals surface area contributed by atoms with Crippen LogP contribution in [0.2, 0.25) is 5.02 Å². The Morgan fingerprint density at radius 2 is 1.65 bits per heavy atom. The summed E-state index contributed by atoms with van der Waals surface area (Å²) in [5.74, 6) is 0. The summed E-state index contributed by atoms with van der Waals surface area (Å²) in [6.45, 7) is 4.39. The van der Waals surface area contributed by atoms with E-state index < -0.39 is 0 Å². The monoisotopic (exact) mass is 252 g/mol. The zero-order chi connectivity index (χ0) is 12.3. The van der Waals surface area contributed by atoms with E-state index in [1.807, 2.05) is 12.1 Å². The van der Waals surface area contributed by atoms with Gasteiger partial charge in [-0.15, -0.1) is 0 Å². The van der Waals surface area contributed by atoms with E-state index in [-0.39, 0.29) is 0 Å². The van der Waals surface area contributed by atoms with Crippen LogP contribution in [0.3, 0.4) is 0 Å². The van der Waals surface area contributed by atoms with Gasteiger partial charge in [-0.2, -0.15) is 0 Å². The van der Waals surface area contributed by atoms with Gasteiger partial charge < -0.3 is 10.6 Å². The van der Waals surface area contributed by atoms with Crippen LogP contribution in [0.4, 0.5) is 11.4 Å². The van der Waals surface area contributed by atoms with Gasteiger partial charge in [0.15, 0.2) is 0 Å². The zero-order valence-corrected chi connectivity index (χ0v) is 11.3. The first-order valence-corrected chi connectivity index (χ1v) is 6.87. The number of hydrogen-bond acceptors (Lipinski definition) is 2. The highest BCUT2D eigenvalue weighted by molar-refractivity contribution is 6.33. The maximum atomic E-state index is 6.13. The van der Waals surface area contributed by atoms with Crippen LogP contribution < -0.4 is 10.6 Å². The second-order valence-corrected chi connectivity index (χ2v) is 5.32. The van der Waals surface area contributed by atoms with Gasteiger partial charge in [-0.05, 0) is 37.5 Å². The van der Waals surface area contributed by atoms with Crippen LogP contribution in [0.25, 0.3) is 0 Å². The minimum absolute atomic E-state index is 0.674. The lowest BCUT2D eigenvalue weighted by Gasteiger charge is -2.28. The molecule has 2 nitrogen and oxygen atoms in total. The third-order valence-corrected chi connectivity index (χ3v) is 3.84. The number of nitrogens with zero attached hydrogens (tertiary/aromatic N) is 1. The molecule has 0 saturated carbocycles. The quantitative estimate of drug-likeness (QED) is 0.766. The molecule has 17 heavy (non-hydrogen) atoms. The van der Waals surface area contributed by atoms with Gasteiger partial charge in [0.1, 0.15) is 0 Å². The zero-order valence-electron chi connectivity index (χ0n) is 10.5. The lowest BCUT2D eigenvalue weighted by molar-refractivity contribution is 0.556. The van der Waals surface area contributed by atoms with Gasteiger partial charge in [-0.1, -0.05) is 30.9 Å². The van der Waals surface area contributed by atoms with E-state index in [4.69, 9.17) is 17.3 Å². The number of nitrogens with two attached hydrogens (primary N) is 1. The third kappa shape index (κ3) is 3.06. The van der Waals surface area contributed by atoms with Gasteiger partial charge in [0.2, 0.25) is 0 Å². The first-order valence-electron chi connectivity index (χ1n) is 6.49. The smallest absolute Gasteiger partial charge is 0.0656 e. The van der Waals surface area contributed by atoms with Gasteiger partial charge in [0.25, 0.3) is 0 Å². The van der Waals surface area contributed by atoms with E-state index in [0.717, 1.165) is 13.1 Å². The largest absolute Gasteiger partial charge is 0.398 e. The minimum atomic E-state index is 0.674. The highest BCUT2D eigenvalue weighted by Gasteiger charge is 2.12. The summed E-state index contributed by atoms with van der Waals surface area (Å²) in [4.78, 5) is 2.46. The molecule has 0 atom stereocenters. The predicted octanol–water partition coefficient (Wildman–Crippen LogP) is 4.00. The van der Waals surface area contributed by atoms with Crippen molar-refractivity contribution in [1.29, 1.82) is 0 Å². The van der Waals surface area contributed by atoms with Crippen molar-refractivity contribution in [3.05, 3.63) is 22.7 Å². The lowest BCUT2D eigenvalue weighted by atomic mass is 10.1. The molecule has 3 heteroatoms. The van der Waals surface area contributed by atoms with Crippen LogP contribution in [0, 0.1) is 6.92 Å². The molecule has 1 fully saturated rings. The number of rotatable bonds is 1. The Morgan fingerprint density at radius 1 is 1.06 bits per heavy atom.